The predicted octanol–water partition coefficient (Wildman–Crippen LogP) is 5.49. The summed E-state index contributed by atoms with van der Waals surface area (Å²) in [5.74, 6) is 2.37. The standard InChI is InChI=1S/C26H44ClN3/c1-20(2)25(29-19-28-16-21-8-6-5-7-9-21)17-30-15-14-24(26(3,4)18-30)22-10-12-23(27)13-11-22/h5-9,20,22-25,28-29H,10-19H2,1-4H3/t22?,23?,24?,25-/m0/s1. The molecule has 1 unspecified atom stereocenters. The molecule has 2 N–H and O–H groups in total. The van der Waals surface area contributed by atoms with Gasteiger partial charge in [-0.25, -0.2) is 0 Å². The van der Waals surface area contributed by atoms with Crippen LogP contribution in [0, 0.1) is 23.2 Å². The molecular formula is C26H44ClN3. The number of nitrogens with one attached hydrogen (secondary N) is 2. The van der Waals surface area contributed by atoms with Gasteiger partial charge in [-0.15, -0.1) is 11.6 Å². The molecule has 3 rings (SSSR count). The molecule has 0 radical (unpaired) electrons. The first-order chi connectivity index (χ1) is 14.3. The van der Waals surface area contributed by atoms with E-state index in [-0.39, 0.29) is 0 Å². The van der Waals surface area contributed by atoms with E-state index >= 15 is 0 Å². The Bertz CT molecular complexity index is 610. The molecule has 30 heavy (non-hydrogen) atoms. The molecule has 1 aromatic carbocycles. The number of hydrogen-bond acceptors (Lipinski definition) is 3. The minimum atomic E-state index is 0.398. The normalized spacial score (nSPS) is 28.5. The lowest BCUT2D eigenvalue weighted by Gasteiger charge is -2.49. The van der Waals surface area contributed by atoms with E-state index in [2.05, 4.69) is 73.6 Å². The largest absolute Gasteiger partial charge is 0.301 e. The first-order valence-electron chi connectivity index (χ1n) is 12.2. The molecule has 2 aliphatic rings. The van der Waals surface area contributed by atoms with Gasteiger partial charge in [-0.05, 0) is 67.4 Å². The number of nitrogens with zero attached hydrogens (tertiary/aromatic N) is 1. The summed E-state index contributed by atoms with van der Waals surface area (Å²) in [5, 5.41) is 7.76. The van der Waals surface area contributed by atoms with Crippen LogP contribution >= 0.6 is 11.6 Å². The van der Waals surface area contributed by atoms with E-state index in [0.717, 1.165) is 31.6 Å². The van der Waals surface area contributed by atoms with Crippen molar-refractivity contribution in [3.8, 4) is 0 Å². The van der Waals surface area contributed by atoms with Crippen molar-refractivity contribution >= 4 is 11.6 Å². The van der Waals surface area contributed by atoms with Crippen LogP contribution in [-0.4, -0.2) is 42.6 Å². The second-order valence-corrected chi connectivity index (χ2v) is 11.4. The zero-order valence-corrected chi connectivity index (χ0v) is 20.4. The highest BCUT2D eigenvalue weighted by Crippen LogP contribution is 2.45. The van der Waals surface area contributed by atoms with Gasteiger partial charge < -0.3 is 15.5 Å². The van der Waals surface area contributed by atoms with E-state index in [1.807, 2.05) is 0 Å². The maximum absolute atomic E-state index is 6.37. The quantitative estimate of drug-likeness (QED) is 0.306. The van der Waals surface area contributed by atoms with Gasteiger partial charge in [0, 0.05) is 37.7 Å². The van der Waals surface area contributed by atoms with Crippen molar-refractivity contribution in [3.63, 3.8) is 0 Å². The van der Waals surface area contributed by atoms with Crippen molar-refractivity contribution in [2.24, 2.45) is 23.2 Å². The van der Waals surface area contributed by atoms with Gasteiger partial charge in [-0.3, -0.25) is 0 Å². The number of benzene rings is 1. The Hall–Kier alpha value is -0.610. The van der Waals surface area contributed by atoms with Crippen molar-refractivity contribution in [2.45, 2.75) is 77.8 Å². The van der Waals surface area contributed by atoms with Gasteiger partial charge in [0.1, 0.15) is 0 Å². The van der Waals surface area contributed by atoms with Gasteiger partial charge in [-0.1, -0.05) is 58.0 Å². The van der Waals surface area contributed by atoms with Crippen LogP contribution in [0.2, 0.25) is 0 Å². The molecule has 170 valence electrons. The highest BCUT2D eigenvalue weighted by molar-refractivity contribution is 6.20. The third-order valence-electron chi connectivity index (χ3n) is 7.58. The summed E-state index contributed by atoms with van der Waals surface area (Å²) >= 11 is 6.37. The molecule has 2 fully saturated rings. The smallest absolute Gasteiger partial charge is 0.0459 e. The van der Waals surface area contributed by atoms with Crippen molar-refractivity contribution < 1.29 is 0 Å². The third-order valence-corrected chi connectivity index (χ3v) is 8.02. The first-order valence-corrected chi connectivity index (χ1v) is 12.6. The number of alkyl halides is 1. The molecule has 1 heterocycles. The first kappa shape index (κ1) is 24.0. The second kappa shape index (κ2) is 11.3. The van der Waals surface area contributed by atoms with E-state index in [4.69, 9.17) is 11.6 Å². The molecule has 0 amide bonds. The summed E-state index contributed by atoms with van der Waals surface area (Å²) in [7, 11) is 0. The fourth-order valence-electron chi connectivity index (χ4n) is 5.79. The van der Waals surface area contributed by atoms with Gasteiger partial charge in [0.2, 0.25) is 0 Å². The average molecular weight is 434 g/mol. The predicted molar refractivity (Wildman–Crippen MR) is 130 cm³/mol. The SMILES string of the molecule is CC(C)[C@H](CN1CCC(C2CCC(Cl)CC2)C(C)(C)C1)NCNCc1ccccc1. The molecule has 0 spiro atoms. The van der Waals surface area contributed by atoms with Crippen LogP contribution in [0.15, 0.2) is 30.3 Å². The zero-order chi connectivity index (χ0) is 21.6. The Morgan fingerprint density at radius 1 is 1.07 bits per heavy atom. The Morgan fingerprint density at radius 2 is 1.77 bits per heavy atom. The molecule has 3 nitrogen and oxygen atoms in total. The fourth-order valence-corrected chi connectivity index (χ4v) is 6.04. The van der Waals surface area contributed by atoms with Gasteiger partial charge in [0.05, 0.1) is 0 Å². The van der Waals surface area contributed by atoms with Crippen molar-refractivity contribution in [2.75, 3.05) is 26.3 Å². The molecule has 1 aliphatic heterocycles. The average Bonchev–Trinajstić information content (AvgIpc) is 2.71. The monoisotopic (exact) mass is 433 g/mol. The summed E-state index contributed by atoms with van der Waals surface area (Å²) in [6.07, 6.45) is 6.47. The lowest BCUT2D eigenvalue weighted by molar-refractivity contribution is 0.00476. The molecule has 1 saturated carbocycles. The van der Waals surface area contributed by atoms with Crippen molar-refractivity contribution in [1.82, 2.24) is 15.5 Å². The Labute approximate surface area is 190 Å². The van der Waals surface area contributed by atoms with Crippen LogP contribution in [0.1, 0.15) is 65.4 Å². The van der Waals surface area contributed by atoms with E-state index in [1.54, 1.807) is 0 Å². The number of rotatable bonds is 9. The fraction of sp³-hybridized carbons (Fsp3) is 0.769. The van der Waals surface area contributed by atoms with Gasteiger partial charge in [0.15, 0.2) is 0 Å². The van der Waals surface area contributed by atoms with Gasteiger partial charge >= 0.3 is 0 Å². The molecule has 4 heteroatoms. The summed E-state index contributed by atoms with van der Waals surface area (Å²) in [4.78, 5) is 2.72. The topological polar surface area (TPSA) is 27.3 Å². The molecule has 1 aromatic rings. The van der Waals surface area contributed by atoms with Crippen LogP contribution in [0.4, 0.5) is 0 Å². The van der Waals surface area contributed by atoms with Crippen LogP contribution < -0.4 is 10.6 Å². The van der Waals surface area contributed by atoms with E-state index < -0.39 is 0 Å². The van der Waals surface area contributed by atoms with Crippen LogP contribution in [0.3, 0.4) is 0 Å². The lowest BCUT2D eigenvalue weighted by Crippen LogP contribution is -2.53. The number of piperidine rings is 1. The maximum atomic E-state index is 6.37. The van der Waals surface area contributed by atoms with Crippen molar-refractivity contribution in [1.29, 1.82) is 0 Å². The van der Waals surface area contributed by atoms with Crippen LogP contribution in [0.25, 0.3) is 0 Å². The lowest BCUT2D eigenvalue weighted by atomic mass is 9.64. The van der Waals surface area contributed by atoms with Crippen LogP contribution in [-0.2, 0) is 6.54 Å². The van der Waals surface area contributed by atoms with Gasteiger partial charge in [0.25, 0.3) is 0 Å². The zero-order valence-electron chi connectivity index (χ0n) is 19.7. The Kier molecular flexibility index (Phi) is 9.07. The number of hydrogen-bond donors (Lipinski definition) is 2. The van der Waals surface area contributed by atoms with Gasteiger partial charge in [-0.2, -0.15) is 0 Å². The minimum absolute atomic E-state index is 0.398. The molecule has 2 atom stereocenters. The van der Waals surface area contributed by atoms with E-state index in [0.29, 0.717) is 22.8 Å². The molecule has 0 aromatic heterocycles. The Morgan fingerprint density at radius 3 is 2.40 bits per heavy atom. The third kappa shape index (κ3) is 6.95. The second-order valence-electron chi connectivity index (χ2n) is 10.8. The van der Waals surface area contributed by atoms with Crippen LogP contribution in [0.5, 0.6) is 0 Å². The maximum Gasteiger partial charge on any atom is 0.0459 e. The molecule has 0 bridgehead atoms. The summed E-state index contributed by atoms with van der Waals surface area (Å²) in [6, 6.07) is 11.2. The summed E-state index contributed by atoms with van der Waals surface area (Å²) < 4.78 is 0. The molecule has 1 saturated heterocycles. The number of likely N-dealkylation sites (tertiary alicyclic amines) is 1. The molecule has 1 aliphatic carbocycles. The highest BCUT2D eigenvalue weighted by atomic mass is 35.5. The number of halogens is 1. The summed E-state index contributed by atoms with van der Waals surface area (Å²) in [5.41, 5.74) is 1.74. The Balaban J connectivity index is 1.45. The molecular weight excluding hydrogens is 390 g/mol. The van der Waals surface area contributed by atoms with E-state index in [9.17, 15) is 0 Å². The van der Waals surface area contributed by atoms with E-state index in [1.165, 1.54) is 50.8 Å². The minimum Gasteiger partial charge on any atom is -0.301 e. The van der Waals surface area contributed by atoms with Crippen molar-refractivity contribution in [3.05, 3.63) is 35.9 Å². The highest BCUT2D eigenvalue weighted by Gasteiger charge is 2.41. The summed E-state index contributed by atoms with van der Waals surface area (Å²) in [6.45, 7) is 15.1.